The Morgan fingerprint density at radius 3 is 2.28 bits per heavy atom. The summed E-state index contributed by atoms with van der Waals surface area (Å²) in [7, 11) is 0. The highest BCUT2D eigenvalue weighted by Gasteiger charge is 2.37. The second-order valence-corrected chi connectivity index (χ2v) is 6.05. The van der Waals surface area contributed by atoms with Gasteiger partial charge in [-0.05, 0) is 19.1 Å². The van der Waals surface area contributed by atoms with E-state index in [1.54, 1.807) is 36.1 Å². The Balaban J connectivity index is 1.62. The first kappa shape index (κ1) is 16.9. The maximum Gasteiger partial charge on any atom is 0.312 e. The van der Waals surface area contributed by atoms with Gasteiger partial charge in [-0.25, -0.2) is 0 Å². The van der Waals surface area contributed by atoms with E-state index in [0.29, 0.717) is 5.56 Å². The highest BCUT2D eigenvalue weighted by Crippen LogP contribution is 2.26. The Morgan fingerprint density at radius 2 is 1.64 bits per heavy atom. The Bertz CT molecular complexity index is 773. The molecule has 0 bridgehead atoms. The van der Waals surface area contributed by atoms with Crippen molar-refractivity contribution in [1.29, 1.82) is 0 Å². The minimum atomic E-state index is -0.879. The molecule has 5 heteroatoms. The summed E-state index contributed by atoms with van der Waals surface area (Å²) in [6.07, 6.45) is -0.782. The highest BCUT2D eigenvalue weighted by molar-refractivity contribution is 6.02. The molecule has 0 unspecified atom stereocenters. The summed E-state index contributed by atoms with van der Waals surface area (Å²) in [5, 5.41) is 0. The van der Waals surface area contributed by atoms with Crippen molar-refractivity contribution in [1.82, 2.24) is 0 Å². The predicted molar refractivity (Wildman–Crippen MR) is 93.2 cm³/mol. The fraction of sp³-hybridized carbons (Fsp3) is 0.250. The van der Waals surface area contributed by atoms with Crippen molar-refractivity contribution in [2.45, 2.75) is 19.4 Å². The fourth-order valence-electron chi connectivity index (χ4n) is 2.88. The number of ketones is 1. The third-order valence-corrected chi connectivity index (χ3v) is 4.25. The van der Waals surface area contributed by atoms with Crippen LogP contribution in [0.5, 0.6) is 0 Å². The molecular weight excluding hydrogens is 318 g/mol. The van der Waals surface area contributed by atoms with Crippen LogP contribution in [-0.2, 0) is 14.3 Å². The topological polar surface area (TPSA) is 63.7 Å². The second-order valence-electron chi connectivity index (χ2n) is 6.05. The number of Topliss-reactive ketones (excluding diaryl/α,β-unsaturated/α-hetero) is 1. The number of carbonyl (C=O) groups excluding carboxylic acids is 3. The van der Waals surface area contributed by atoms with E-state index in [1.165, 1.54) is 0 Å². The standard InChI is InChI=1S/C20H19NO4/c1-14(19(23)15-8-4-2-5-9-15)25-20(24)16-12-18(22)21(13-16)17-10-6-3-7-11-17/h2-11,14,16H,12-13H2,1H3/t14-,16-/m1/s1. The summed E-state index contributed by atoms with van der Waals surface area (Å²) in [6, 6.07) is 17.9. The zero-order valence-corrected chi connectivity index (χ0v) is 13.9. The van der Waals surface area contributed by atoms with Crippen LogP contribution in [0, 0.1) is 5.92 Å². The molecule has 0 aliphatic carbocycles. The van der Waals surface area contributed by atoms with Gasteiger partial charge in [0.1, 0.15) is 0 Å². The van der Waals surface area contributed by atoms with E-state index < -0.39 is 18.0 Å². The van der Waals surface area contributed by atoms with Crippen LogP contribution in [0.2, 0.25) is 0 Å². The quantitative estimate of drug-likeness (QED) is 0.622. The van der Waals surface area contributed by atoms with E-state index in [9.17, 15) is 14.4 Å². The Labute approximate surface area is 146 Å². The number of anilines is 1. The number of nitrogens with zero attached hydrogens (tertiary/aromatic N) is 1. The van der Waals surface area contributed by atoms with E-state index in [0.717, 1.165) is 5.69 Å². The number of rotatable bonds is 5. The molecular formula is C20H19NO4. The first-order valence-corrected chi connectivity index (χ1v) is 8.21. The molecule has 1 heterocycles. The molecule has 1 aliphatic heterocycles. The zero-order chi connectivity index (χ0) is 17.8. The molecule has 0 aromatic heterocycles. The third kappa shape index (κ3) is 3.76. The van der Waals surface area contributed by atoms with Crippen LogP contribution in [-0.4, -0.2) is 30.3 Å². The summed E-state index contributed by atoms with van der Waals surface area (Å²) >= 11 is 0. The van der Waals surface area contributed by atoms with Gasteiger partial charge in [-0.3, -0.25) is 14.4 Å². The van der Waals surface area contributed by atoms with E-state index in [-0.39, 0.29) is 24.7 Å². The molecule has 1 amide bonds. The Morgan fingerprint density at radius 1 is 1.04 bits per heavy atom. The van der Waals surface area contributed by atoms with E-state index >= 15 is 0 Å². The first-order valence-electron chi connectivity index (χ1n) is 8.21. The predicted octanol–water partition coefficient (Wildman–Crippen LogP) is 2.85. The van der Waals surface area contributed by atoms with Crippen molar-refractivity contribution >= 4 is 23.3 Å². The van der Waals surface area contributed by atoms with Gasteiger partial charge in [0.05, 0.1) is 5.92 Å². The molecule has 5 nitrogen and oxygen atoms in total. The molecule has 1 aliphatic rings. The van der Waals surface area contributed by atoms with Crippen molar-refractivity contribution < 1.29 is 19.1 Å². The molecule has 0 radical (unpaired) electrons. The maximum absolute atomic E-state index is 12.4. The number of para-hydroxylation sites is 1. The summed E-state index contributed by atoms with van der Waals surface area (Å²) in [5.74, 6) is -1.43. The lowest BCUT2D eigenvalue weighted by Crippen LogP contribution is -2.30. The molecule has 25 heavy (non-hydrogen) atoms. The molecule has 1 saturated heterocycles. The van der Waals surface area contributed by atoms with Crippen LogP contribution in [0.25, 0.3) is 0 Å². The third-order valence-electron chi connectivity index (χ3n) is 4.25. The molecule has 2 aromatic carbocycles. The van der Waals surface area contributed by atoms with Gasteiger partial charge in [0.15, 0.2) is 6.10 Å². The normalized spacial score (nSPS) is 18.0. The molecule has 2 aromatic rings. The molecule has 0 N–H and O–H groups in total. The first-order chi connectivity index (χ1) is 12.1. The van der Waals surface area contributed by atoms with Crippen LogP contribution >= 0.6 is 0 Å². The van der Waals surface area contributed by atoms with E-state index in [2.05, 4.69) is 0 Å². The SMILES string of the molecule is C[C@@H](OC(=O)[C@@H]1CC(=O)N(c2ccccc2)C1)C(=O)c1ccccc1. The number of hydrogen-bond acceptors (Lipinski definition) is 4. The van der Waals surface area contributed by atoms with E-state index in [1.807, 2.05) is 36.4 Å². The highest BCUT2D eigenvalue weighted by atomic mass is 16.5. The fourth-order valence-corrected chi connectivity index (χ4v) is 2.88. The molecule has 3 rings (SSSR count). The van der Waals surface area contributed by atoms with Gasteiger partial charge in [0.25, 0.3) is 0 Å². The van der Waals surface area contributed by atoms with Gasteiger partial charge in [-0.2, -0.15) is 0 Å². The number of carbonyl (C=O) groups is 3. The number of esters is 1. The van der Waals surface area contributed by atoms with Crippen molar-refractivity contribution in [3.63, 3.8) is 0 Å². The van der Waals surface area contributed by atoms with Crippen LogP contribution in [0.1, 0.15) is 23.7 Å². The lowest BCUT2D eigenvalue weighted by atomic mass is 10.1. The number of hydrogen-bond donors (Lipinski definition) is 0. The van der Waals surface area contributed by atoms with Gasteiger partial charge < -0.3 is 9.64 Å². The van der Waals surface area contributed by atoms with Crippen LogP contribution < -0.4 is 4.90 Å². The van der Waals surface area contributed by atoms with E-state index in [4.69, 9.17) is 4.74 Å². The summed E-state index contributed by atoms with van der Waals surface area (Å²) in [6.45, 7) is 1.83. The second kappa shape index (κ2) is 7.30. The van der Waals surface area contributed by atoms with Crippen molar-refractivity contribution in [3.8, 4) is 0 Å². The Hall–Kier alpha value is -2.95. The zero-order valence-electron chi connectivity index (χ0n) is 13.9. The summed E-state index contributed by atoms with van der Waals surface area (Å²) in [4.78, 5) is 38.4. The summed E-state index contributed by atoms with van der Waals surface area (Å²) < 4.78 is 5.32. The molecule has 0 saturated carbocycles. The lowest BCUT2D eigenvalue weighted by Gasteiger charge is -2.17. The van der Waals surface area contributed by atoms with Gasteiger partial charge in [-0.1, -0.05) is 48.5 Å². The van der Waals surface area contributed by atoms with Crippen molar-refractivity contribution in [2.75, 3.05) is 11.4 Å². The number of ether oxygens (including phenoxy) is 1. The van der Waals surface area contributed by atoms with Crippen LogP contribution in [0.4, 0.5) is 5.69 Å². The van der Waals surface area contributed by atoms with Crippen LogP contribution in [0.3, 0.4) is 0 Å². The maximum atomic E-state index is 12.4. The van der Waals surface area contributed by atoms with Crippen LogP contribution in [0.15, 0.2) is 60.7 Å². The molecule has 2 atom stereocenters. The van der Waals surface area contributed by atoms with Gasteiger partial charge >= 0.3 is 5.97 Å². The molecule has 0 spiro atoms. The van der Waals surface area contributed by atoms with Crippen molar-refractivity contribution in [2.24, 2.45) is 5.92 Å². The average Bonchev–Trinajstić information content (AvgIpc) is 3.04. The van der Waals surface area contributed by atoms with Crippen molar-refractivity contribution in [3.05, 3.63) is 66.2 Å². The van der Waals surface area contributed by atoms with Gasteiger partial charge in [-0.15, -0.1) is 0 Å². The molecule has 128 valence electrons. The lowest BCUT2D eigenvalue weighted by molar-refractivity contribution is -0.151. The Kier molecular flexibility index (Phi) is 4.93. The smallest absolute Gasteiger partial charge is 0.312 e. The molecule has 1 fully saturated rings. The van der Waals surface area contributed by atoms with Gasteiger partial charge in [0.2, 0.25) is 11.7 Å². The number of amides is 1. The largest absolute Gasteiger partial charge is 0.454 e. The van der Waals surface area contributed by atoms with Gasteiger partial charge in [0, 0.05) is 24.2 Å². The monoisotopic (exact) mass is 337 g/mol. The minimum absolute atomic E-state index is 0.0972. The number of benzene rings is 2. The average molecular weight is 337 g/mol. The summed E-state index contributed by atoms with van der Waals surface area (Å²) in [5.41, 5.74) is 1.26. The minimum Gasteiger partial charge on any atom is -0.454 e.